The van der Waals surface area contributed by atoms with Gasteiger partial charge in [-0.25, -0.2) is 4.79 Å². The number of hydrogen-bond acceptors (Lipinski definition) is 11. The number of ether oxygens (including phenoxy) is 3. The van der Waals surface area contributed by atoms with Gasteiger partial charge in [0.25, 0.3) is 0 Å². The Hall–Kier alpha value is -1.18. The second-order valence-electron chi connectivity index (χ2n) is 19.2. The van der Waals surface area contributed by atoms with Crippen molar-refractivity contribution in [2.75, 3.05) is 44.2 Å². The molecule has 66 heavy (non-hydrogen) atoms. The zero-order valence-corrected chi connectivity index (χ0v) is 43.4. The lowest BCUT2D eigenvalue weighted by molar-refractivity contribution is -0.0523. The van der Waals surface area contributed by atoms with Crippen molar-refractivity contribution in [3.05, 3.63) is 22.7 Å². The Morgan fingerprint density at radius 2 is 1.09 bits per heavy atom. The minimum atomic E-state index is -4.65. The quantitative estimate of drug-likeness (QED) is 0.0304. The molecule has 2 heterocycles. The molecule has 14 nitrogen and oxygen atoms in total. The number of nitrogens with two attached hydrogens (primary N) is 1. The molecule has 1 aliphatic heterocycles. The number of aliphatic hydroxyl groups excluding tert-OH is 2. The van der Waals surface area contributed by atoms with Crippen LogP contribution in [-0.2, 0) is 27.9 Å². The fourth-order valence-electron chi connectivity index (χ4n) is 8.72. The SMILES string of the molecule is CCCCCCCCCCCCCCCCCCOC[C@H](CCP(=O)(O)CP(=O)(O)OC[C@H]1O[C@@H](n2ccc(N)nc2=O)[C@@H](O)[C@H]1O)OCCCCCCCCCCCCCCCCCC. The normalized spacial score (nSPS) is 19.8. The Labute approximate surface area is 400 Å². The maximum atomic E-state index is 13.3. The lowest BCUT2D eigenvalue weighted by Crippen LogP contribution is -2.36. The molecule has 2 unspecified atom stereocenters. The van der Waals surface area contributed by atoms with Gasteiger partial charge in [0.15, 0.2) is 6.23 Å². The highest BCUT2D eigenvalue weighted by molar-refractivity contribution is 7.73. The molecule has 0 spiro atoms. The predicted octanol–water partition coefficient (Wildman–Crippen LogP) is 12.2. The molecule has 0 aromatic carbocycles. The van der Waals surface area contributed by atoms with Gasteiger partial charge in [-0.1, -0.05) is 206 Å². The summed E-state index contributed by atoms with van der Waals surface area (Å²) in [5, 5.41) is 21.0. The van der Waals surface area contributed by atoms with E-state index in [0.717, 1.165) is 36.7 Å². The smallest absolute Gasteiger partial charge is 0.351 e. The van der Waals surface area contributed by atoms with Crippen LogP contribution in [0.25, 0.3) is 0 Å². The van der Waals surface area contributed by atoms with Gasteiger partial charge in [-0.3, -0.25) is 13.7 Å². The van der Waals surface area contributed by atoms with E-state index in [9.17, 15) is 33.9 Å². The lowest BCUT2D eigenvalue weighted by atomic mass is 10.0. The Balaban J connectivity index is 1.70. The summed E-state index contributed by atoms with van der Waals surface area (Å²) in [6.07, 6.45) is 36.2. The summed E-state index contributed by atoms with van der Waals surface area (Å²) >= 11 is 0. The van der Waals surface area contributed by atoms with Crippen molar-refractivity contribution in [1.82, 2.24) is 9.55 Å². The van der Waals surface area contributed by atoms with Crippen LogP contribution in [0.15, 0.2) is 17.1 Å². The summed E-state index contributed by atoms with van der Waals surface area (Å²) in [7, 11) is -8.82. The Morgan fingerprint density at radius 3 is 1.53 bits per heavy atom. The van der Waals surface area contributed by atoms with E-state index < -0.39 is 63.8 Å². The third-order valence-corrected chi connectivity index (χ3v) is 17.6. The molecule has 6 N–H and O–H groups in total. The first-order valence-electron chi connectivity index (χ1n) is 26.7. The van der Waals surface area contributed by atoms with Crippen LogP contribution in [0.1, 0.15) is 232 Å². The average molecular weight is 978 g/mol. The van der Waals surface area contributed by atoms with Gasteiger partial charge in [-0.15, -0.1) is 0 Å². The molecular weight excluding hydrogens is 881 g/mol. The van der Waals surface area contributed by atoms with Crippen molar-refractivity contribution in [2.24, 2.45) is 0 Å². The average Bonchev–Trinajstić information content (AvgIpc) is 3.56. The van der Waals surface area contributed by atoms with Crippen LogP contribution in [0.2, 0.25) is 0 Å². The number of anilines is 1. The highest BCUT2D eigenvalue weighted by Crippen LogP contribution is 2.58. The Kier molecular flexibility index (Phi) is 35.6. The Morgan fingerprint density at radius 1 is 0.667 bits per heavy atom. The molecule has 16 heteroatoms. The number of aromatic nitrogens is 2. The molecule has 2 rings (SSSR count). The van der Waals surface area contributed by atoms with E-state index in [1.165, 1.54) is 186 Å². The maximum Gasteiger partial charge on any atom is 0.351 e. The summed E-state index contributed by atoms with van der Waals surface area (Å²) in [6.45, 7) is 5.23. The molecule has 0 aliphatic carbocycles. The molecule has 1 aromatic heterocycles. The van der Waals surface area contributed by atoms with E-state index in [1.807, 2.05) is 0 Å². The summed E-state index contributed by atoms with van der Waals surface area (Å²) in [5.74, 6) is -1.03. The molecule has 1 aliphatic rings. The monoisotopic (exact) mass is 978 g/mol. The van der Waals surface area contributed by atoms with Crippen molar-refractivity contribution >= 4 is 20.8 Å². The van der Waals surface area contributed by atoms with Crippen molar-refractivity contribution in [3.8, 4) is 0 Å². The van der Waals surface area contributed by atoms with Crippen LogP contribution in [0, 0.1) is 0 Å². The molecule has 0 saturated carbocycles. The van der Waals surface area contributed by atoms with E-state index >= 15 is 0 Å². The van der Waals surface area contributed by atoms with Gasteiger partial charge in [0.05, 0.1) is 19.3 Å². The summed E-state index contributed by atoms with van der Waals surface area (Å²) in [6, 6.07) is 1.32. The second kappa shape index (κ2) is 38.6. The molecule has 1 aromatic rings. The van der Waals surface area contributed by atoms with Gasteiger partial charge in [0.2, 0.25) is 7.37 Å². The zero-order valence-electron chi connectivity index (χ0n) is 41.6. The van der Waals surface area contributed by atoms with E-state index in [-0.39, 0.29) is 25.0 Å². The number of aliphatic hydroxyl groups is 2. The molecule has 0 amide bonds. The van der Waals surface area contributed by atoms with E-state index in [2.05, 4.69) is 18.8 Å². The minimum absolute atomic E-state index is 0.0368. The second-order valence-corrected chi connectivity index (χ2v) is 24.0. The molecule has 388 valence electrons. The maximum absolute atomic E-state index is 13.3. The van der Waals surface area contributed by atoms with Gasteiger partial charge >= 0.3 is 13.3 Å². The van der Waals surface area contributed by atoms with E-state index in [0.29, 0.717) is 13.2 Å². The van der Waals surface area contributed by atoms with Gasteiger partial charge in [-0.05, 0) is 25.3 Å². The fourth-order valence-corrected chi connectivity index (χ4v) is 12.9. The third-order valence-electron chi connectivity index (χ3n) is 12.9. The van der Waals surface area contributed by atoms with Crippen molar-refractivity contribution in [3.63, 3.8) is 0 Å². The standard InChI is InChI=1S/C50H97N3O11P2/c1-3-5-7-9-11-13-15-17-19-21-23-25-27-29-31-33-38-61-41-44(62-39-34-32-30-28-26-24-22-20-18-16-14-12-10-8-6-4-2)36-40-65(57,58)43-66(59,60)63-42-45-47(54)48(55)49(64-45)53-37-35-46(51)52-50(53)56/h35,37,44-45,47-49,54-55H,3-34,36,38-43H2,1-2H3,(H,57,58)(H,59,60)(H2,51,52,56)/t44-,45+,47-,48-,49+/m0/s1. The molecule has 0 radical (unpaired) electrons. The summed E-state index contributed by atoms with van der Waals surface area (Å²) in [5.41, 5.74) is 4.72. The van der Waals surface area contributed by atoms with Crippen LogP contribution < -0.4 is 11.4 Å². The van der Waals surface area contributed by atoms with Crippen LogP contribution in [0.4, 0.5) is 5.82 Å². The van der Waals surface area contributed by atoms with Crippen LogP contribution in [0.5, 0.6) is 0 Å². The van der Waals surface area contributed by atoms with Gasteiger partial charge in [0, 0.05) is 25.6 Å². The van der Waals surface area contributed by atoms with E-state index in [4.69, 9.17) is 24.5 Å². The molecular formula is C50H97N3O11P2. The summed E-state index contributed by atoms with van der Waals surface area (Å²) < 4.78 is 50.2. The predicted molar refractivity (Wildman–Crippen MR) is 268 cm³/mol. The van der Waals surface area contributed by atoms with Crippen LogP contribution in [0.3, 0.4) is 0 Å². The zero-order chi connectivity index (χ0) is 48.1. The van der Waals surface area contributed by atoms with Crippen molar-refractivity contribution in [1.29, 1.82) is 0 Å². The van der Waals surface area contributed by atoms with E-state index in [1.54, 1.807) is 0 Å². The number of nitrogen functional groups attached to an aromatic ring is 1. The fraction of sp³-hybridized carbons (Fsp3) is 0.920. The van der Waals surface area contributed by atoms with Gasteiger partial charge < -0.3 is 44.5 Å². The number of unbranched alkanes of at least 4 members (excludes halogenated alkanes) is 30. The molecule has 7 atom stereocenters. The van der Waals surface area contributed by atoms with Crippen LogP contribution >= 0.6 is 15.0 Å². The third kappa shape index (κ3) is 30.4. The largest absolute Gasteiger partial charge is 0.387 e. The molecule has 1 saturated heterocycles. The van der Waals surface area contributed by atoms with Gasteiger partial charge in [-0.2, -0.15) is 4.98 Å². The van der Waals surface area contributed by atoms with Crippen molar-refractivity contribution < 1.29 is 47.9 Å². The van der Waals surface area contributed by atoms with Gasteiger partial charge in [0.1, 0.15) is 30.0 Å². The first kappa shape index (κ1) is 60.9. The molecule has 1 fully saturated rings. The number of nitrogens with zero attached hydrogens (tertiary/aromatic N) is 2. The Bertz CT molecular complexity index is 1470. The highest BCUT2D eigenvalue weighted by atomic mass is 31.2. The number of rotatable bonds is 46. The molecule has 0 bridgehead atoms. The van der Waals surface area contributed by atoms with Crippen molar-refractivity contribution in [2.45, 2.75) is 256 Å². The van der Waals surface area contributed by atoms with Crippen LogP contribution in [-0.4, -0.2) is 92.5 Å². The number of hydrogen-bond donors (Lipinski definition) is 5. The first-order valence-corrected chi connectivity index (χ1v) is 30.5. The minimum Gasteiger partial charge on any atom is -0.387 e. The lowest BCUT2D eigenvalue weighted by Gasteiger charge is -2.22. The summed E-state index contributed by atoms with van der Waals surface area (Å²) in [4.78, 5) is 37.3. The highest BCUT2D eigenvalue weighted by Gasteiger charge is 2.45. The first-order chi connectivity index (χ1) is 31.9. The topological polar surface area (TPSA) is 213 Å².